The van der Waals surface area contributed by atoms with Gasteiger partial charge in [-0.1, -0.05) is 176 Å². The van der Waals surface area contributed by atoms with E-state index in [1.807, 2.05) is 83.8 Å². The highest BCUT2D eigenvalue weighted by Crippen LogP contribution is 2.44. The first-order chi connectivity index (χ1) is 35.9. The summed E-state index contributed by atoms with van der Waals surface area (Å²) < 4.78 is 48.0. The van der Waals surface area contributed by atoms with E-state index in [1.165, 1.54) is 10.8 Å². The number of hydrogen-bond donors (Lipinski definition) is 0. The molecule has 322 valence electrons. The van der Waals surface area contributed by atoms with E-state index in [0.717, 1.165) is 93.2 Å². The van der Waals surface area contributed by atoms with Crippen molar-refractivity contribution in [1.82, 2.24) is 4.57 Å². The molecule has 3 nitrogen and oxygen atoms in total. The van der Waals surface area contributed by atoms with E-state index in [1.54, 1.807) is 0 Å². The standard InChI is InChI=1S/C66H42N2O/c1-3-16-54-45(12-1)24-25-49-40-48(31-37-55(49)54)44-28-35-52(36-29-44)67(62-21-8-5-17-56(62)50-32-39-65-61(42-50)60-38-30-46-13-2-4-18-57(46)66(60)69-65)51-33-26-43(27-34-51)47-14-11-15-53(41-47)68-63-22-9-6-19-58(63)59-20-7-10-23-64(59)68/h1-42H/i28D,29D,35D,36D. The second-order valence-corrected chi connectivity index (χ2v) is 17.7. The van der Waals surface area contributed by atoms with Crippen LogP contribution < -0.4 is 4.90 Å². The Morgan fingerprint density at radius 3 is 1.74 bits per heavy atom. The van der Waals surface area contributed by atoms with Crippen molar-refractivity contribution in [3.63, 3.8) is 0 Å². The molecular formula is C66H42N2O. The average Bonchev–Trinajstić information content (AvgIpc) is 4.00. The lowest BCUT2D eigenvalue weighted by atomic mass is 9.97. The van der Waals surface area contributed by atoms with Gasteiger partial charge in [0.05, 0.1) is 22.2 Å². The minimum Gasteiger partial charge on any atom is -0.455 e. The molecule has 0 fully saturated rings. The van der Waals surface area contributed by atoms with Gasteiger partial charge in [0, 0.05) is 49.6 Å². The predicted molar refractivity (Wildman–Crippen MR) is 292 cm³/mol. The minimum atomic E-state index is -0.143. The maximum atomic E-state index is 9.88. The van der Waals surface area contributed by atoms with Crippen molar-refractivity contribution in [3.05, 3.63) is 255 Å². The van der Waals surface area contributed by atoms with Gasteiger partial charge in [0.2, 0.25) is 0 Å². The Bertz CT molecular complexity index is 4490. The van der Waals surface area contributed by atoms with Gasteiger partial charge in [-0.15, -0.1) is 0 Å². The van der Waals surface area contributed by atoms with E-state index in [9.17, 15) is 5.48 Å². The Hall–Kier alpha value is -9.18. The van der Waals surface area contributed by atoms with Crippen LogP contribution in [-0.4, -0.2) is 4.57 Å². The molecule has 12 aromatic carbocycles. The zero-order valence-corrected chi connectivity index (χ0v) is 37.2. The Labute approximate surface area is 404 Å². The Kier molecular flexibility index (Phi) is 7.99. The quantitative estimate of drug-likeness (QED) is 0.149. The van der Waals surface area contributed by atoms with Gasteiger partial charge in [-0.05, 0) is 134 Å². The van der Waals surface area contributed by atoms with E-state index in [-0.39, 0.29) is 35.4 Å². The topological polar surface area (TPSA) is 21.3 Å². The molecule has 69 heavy (non-hydrogen) atoms. The molecule has 0 saturated carbocycles. The first kappa shape index (κ1) is 35.1. The van der Waals surface area contributed by atoms with E-state index < -0.39 is 0 Å². The van der Waals surface area contributed by atoms with E-state index in [0.29, 0.717) is 16.9 Å². The molecule has 0 amide bonds. The van der Waals surface area contributed by atoms with Gasteiger partial charge in [0.15, 0.2) is 0 Å². The van der Waals surface area contributed by atoms with Gasteiger partial charge in [-0.25, -0.2) is 0 Å². The van der Waals surface area contributed by atoms with Crippen molar-refractivity contribution in [2.45, 2.75) is 0 Å². The highest BCUT2D eigenvalue weighted by atomic mass is 16.3. The van der Waals surface area contributed by atoms with Crippen LogP contribution in [0.3, 0.4) is 0 Å². The summed E-state index contributed by atoms with van der Waals surface area (Å²) in [6, 6.07) is 78.3. The van der Waals surface area contributed by atoms with Crippen molar-refractivity contribution >= 4 is 93.1 Å². The van der Waals surface area contributed by atoms with Crippen LogP contribution in [0.25, 0.3) is 115 Å². The van der Waals surface area contributed by atoms with Crippen molar-refractivity contribution in [1.29, 1.82) is 0 Å². The van der Waals surface area contributed by atoms with Crippen LogP contribution in [0.4, 0.5) is 17.1 Å². The number of anilines is 3. The molecule has 14 aromatic rings. The van der Waals surface area contributed by atoms with Crippen LogP contribution in [0.2, 0.25) is 0 Å². The number of furan rings is 1. The highest BCUT2D eigenvalue weighted by molar-refractivity contribution is 6.16. The van der Waals surface area contributed by atoms with Crippen LogP contribution in [0, 0.1) is 0 Å². The van der Waals surface area contributed by atoms with Gasteiger partial charge in [-0.3, -0.25) is 0 Å². The monoisotopic (exact) mass is 882 g/mol. The van der Waals surface area contributed by atoms with E-state index in [4.69, 9.17) is 4.42 Å². The Morgan fingerprint density at radius 1 is 0.348 bits per heavy atom. The maximum absolute atomic E-state index is 9.88. The van der Waals surface area contributed by atoms with E-state index in [2.05, 4.69) is 156 Å². The SMILES string of the molecule is [2H]c1c([2H])c(N(c2ccc(-c3cccc(-n4c5ccccc5c5ccccc54)c3)cc2)c2ccccc2-c2ccc3oc4c5ccccc5ccc4c3c2)c([2H])c([2H])c1-c1ccc2c(ccc3ccccc32)c1. The first-order valence-electron chi connectivity index (χ1n) is 25.3. The first-order valence-corrected chi connectivity index (χ1v) is 23.3. The smallest absolute Gasteiger partial charge is 0.143 e. The summed E-state index contributed by atoms with van der Waals surface area (Å²) in [5, 5.41) is 10.8. The molecule has 2 aromatic heterocycles. The maximum Gasteiger partial charge on any atom is 0.143 e. The Balaban J connectivity index is 0.932. The third-order valence-electron chi connectivity index (χ3n) is 13.8. The van der Waals surface area contributed by atoms with Gasteiger partial charge in [-0.2, -0.15) is 0 Å². The fraction of sp³-hybridized carbons (Fsp3) is 0. The number of fused-ring (bicyclic) bond motifs is 11. The lowest BCUT2D eigenvalue weighted by Gasteiger charge is -2.28. The fourth-order valence-electron chi connectivity index (χ4n) is 10.5. The summed E-state index contributed by atoms with van der Waals surface area (Å²) >= 11 is 0. The average molecular weight is 883 g/mol. The van der Waals surface area contributed by atoms with Crippen LogP contribution in [0.5, 0.6) is 0 Å². The van der Waals surface area contributed by atoms with Crippen molar-refractivity contribution in [2.24, 2.45) is 0 Å². The summed E-state index contributed by atoms with van der Waals surface area (Å²) in [6.07, 6.45) is 0. The number of para-hydroxylation sites is 3. The summed E-state index contributed by atoms with van der Waals surface area (Å²) in [5.74, 6) is 0. The molecule has 0 aliphatic rings. The molecule has 0 aliphatic heterocycles. The van der Waals surface area contributed by atoms with Gasteiger partial charge in [0.1, 0.15) is 11.2 Å². The van der Waals surface area contributed by atoms with Crippen LogP contribution in [0.1, 0.15) is 5.48 Å². The lowest BCUT2D eigenvalue weighted by Crippen LogP contribution is -2.11. The third kappa shape index (κ3) is 6.43. The molecule has 0 N–H and O–H groups in total. The molecule has 0 atom stereocenters. The molecule has 14 rings (SSSR count). The second kappa shape index (κ2) is 15.7. The molecule has 0 saturated heterocycles. The number of hydrogen-bond acceptors (Lipinski definition) is 2. The zero-order valence-electron chi connectivity index (χ0n) is 41.2. The normalized spacial score (nSPS) is 12.6. The van der Waals surface area contributed by atoms with E-state index >= 15 is 0 Å². The zero-order chi connectivity index (χ0) is 48.9. The van der Waals surface area contributed by atoms with Gasteiger partial charge >= 0.3 is 0 Å². The third-order valence-corrected chi connectivity index (χ3v) is 13.8. The molecular weight excluding hydrogens is 837 g/mol. The van der Waals surface area contributed by atoms with Crippen molar-refractivity contribution < 1.29 is 9.90 Å². The predicted octanol–water partition coefficient (Wildman–Crippen LogP) is 18.6. The van der Waals surface area contributed by atoms with Gasteiger partial charge < -0.3 is 13.9 Å². The lowest BCUT2D eigenvalue weighted by molar-refractivity contribution is 0.672. The van der Waals surface area contributed by atoms with Crippen LogP contribution >= 0.6 is 0 Å². The summed E-state index contributed by atoms with van der Waals surface area (Å²) in [6.45, 7) is 0. The summed E-state index contributed by atoms with van der Waals surface area (Å²) in [7, 11) is 0. The second-order valence-electron chi connectivity index (χ2n) is 17.7. The number of benzene rings is 12. The molecule has 0 spiro atoms. The number of rotatable bonds is 7. The largest absolute Gasteiger partial charge is 0.455 e. The van der Waals surface area contributed by atoms with Crippen LogP contribution in [-0.2, 0) is 0 Å². The molecule has 0 radical (unpaired) electrons. The minimum absolute atomic E-state index is 0.115. The fourth-order valence-corrected chi connectivity index (χ4v) is 10.5. The highest BCUT2D eigenvalue weighted by Gasteiger charge is 2.20. The molecule has 0 aliphatic carbocycles. The molecule has 0 unspecified atom stereocenters. The van der Waals surface area contributed by atoms with Crippen molar-refractivity contribution in [3.8, 4) is 39.1 Å². The van der Waals surface area contributed by atoms with Crippen LogP contribution in [0.15, 0.2) is 259 Å². The Morgan fingerprint density at radius 2 is 0.942 bits per heavy atom. The molecule has 3 heteroatoms. The summed E-state index contributed by atoms with van der Waals surface area (Å²) in [5.41, 5.74) is 11.1. The molecule has 0 bridgehead atoms. The molecule has 2 heterocycles. The number of aromatic nitrogens is 1. The van der Waals surface area contributed by atoms with Gasteiger partial charge in [0.25, 0.3) is 0 Å². The number of nitrogens with zero attached hydrogens (tertiary/aromatic N) is 2. The van der Waals surface area contributed by atoms with Crippen molar-refractivity contribution in [2.75, 3.05) is 4.90 Å². The summed E-state index contributed by atoms with van der Waals surface area (Å²) in [4.78, 5) is 1.90.